The van der Waals surface area contributed by atoms with Gasteiger partial charge in [0.05, 0.1) is 0 Å². The number of carbonyl (C=O) groups excluding carboxylic acids is 2. The first-order valence-electron chi connectivity index (χ1n) is 8.91. The molecule has 28 heavy (non-hydrogen) atoms. The van der Waals surface area contributed by atoms with Gasteiger partial charge in [-0.25, -0.2) is 9.18 Å². The molecule has 1 aliphatic heterocycles. The number of ether oxygens (including phenoxy) is 2. The average Bonchev–Trinajstić information content (AvgIpc) is 2.86. The van der Waals surface area contributed by atoms with Gasteiger partial charge in [-0.1, -0.05) is 38.1 Å². The number of hydrogen-bond donors (Lipinski definition) is 0. The monoisotopic (exact) mass is 383 g/mol. The fraction of sp³-hybridized carbons (Fsp3) is 0.273. The number of para-hydroxylation sites is 1. The number of hydrogen-bond acceptors (Lipinski definition) is 5. The van der Waals surface area contributed by atoms with E-state index in [4.69, 9.17) is 9.47 Å². The standard InChI is InChI=1S/C22H22FNO4/c1-22(2)18-9-4-5-10-19(18)24(3)20(22)12-16(25)13-28-21(26)14-27-17-8-6-7-15(23)11-17/h4-12H,13-14H2,1-3H3. The summed E-state index contributed by atoms with van der Waals surface area (Å²) in [5.74, 6) is -1.25. The number of ketones is 1. The van der Waals surface area contributed by atoms with Gasteiger partial charge in [0.1, 0.15) is 11.6 Å². The Morgan fingerprint density at radius 1 is 1.11 bits per heavy atom. The summed E-state index contributed by atoms with van der Waals surface area (Å²) in [6.07, 6.45) is 1.51. The van der Waals surface area contributed by atoms with E-state index in [1.165, 1.54) is 30.3 Å². The van der Waals surface area contributed by atoms with Crippen molar-refractivity contribution in [1.29, 1.82) is 0 Å². The SMILES string of the molecule is CN1C(=CC(=O)COC(=O)COc2cccc(F)c2)C(C)(C)c2ccccc21. The average molecular weight is 383 g/mol. The molecule has 0 spiro atoms. The molecule has 0 amide bonds. The Hall–Kier alpha value is -3.15. The number of likely N-dealkylation sites (N-methyl/N-ethyl adjacent to an activating group) is 1. The summed E-state index contributed by atoms with van der Waals surface area (Å²) in [6.45, 7) is 3.32. The zero-order chi connectivity index (χ0) is 20.3. The van der Waals surface area contributed by atoms with Crippen molar-refractivity contribution in [2.75, 3.05) is 25.2 Å². The number of nitrogens with zero attached hydrogens (tertiary/aromatic N) is 1. The van der Waals surface area contributed by atoms with Crippen molar-refractivity contribution in [2.45, 2.75) is 19.3 Å². The molecule has 0 atom stereocenters. The second kappa shape index (κ2) is 7.84. The molecule has 1 aliphatic rings. The summed E-state index contributed by atoms with van der Waals surface area (Å²) in [5, 5.41) is 0. The van der Waals surface area contributed by atoms with Gasteiger partial charge in [0.15, 0.2) is 19.0 Å². The first-order valence-corrected chi connectivity index (χ1v) is 8.91. The molecule has 0 N–H and O–H groups in total. The van der Waals surface area contributed by atoms with E-state index in [9.17, 15) is 14.0 Å². The van der Waals surface area contributed by atoms with Crippen LogP contribution in [-0.4, -0.2) is 32.0 Å². The number of benzene rings is 2. The molecule has 5 nitrogen and oxygen atoms in total. The third-order valence-corrected chi connectivity index (χ3v) is 4.77. The van der Waals surface area contributed by atoms with Gasteiger partial charge >= 0.3 is 5.97 Å². The van der Waals surface area contributed by atoms with Crippen LogP contribution in [0.5, 0.6) is 5.75 Å². The Morgan fingerprint density at radius 3 is 2.57 bits per heavy atom. The lowest BCUT2D eigenvalue weighted by Crippen LogP contribution is -2.25. The Labute approximate surface area is 163 Å². The summed E-state index contributed by atoms with van der Waals surface area (Å²) in [5.41, 5.74) is 2.70. The van der Waals surface area contributed by atoms with E-state index in [-0.39, 0.29) is 23.6 Å². The quantitative estimate of drug-likeness (QED) is 0.563. The third kappa shape index (κ3) is 4.06. The second-order valence-corrected chi connectivity index (χ2v) is 7.10. The van der Waals surface area contributed by atoms with E-state index >= 15 is 0 Å². The van der Waals surface area contributed by atoms with E-state index in [0.29, 0.717) is 0 Å². The lowest BCUT2D eigenvalue weighted by molar-refractivity contribution is -0.148. The number of rotatable bonds is 6. The van der Waals surface area contributed by atoms with E-state index in [0.717, 1.165) is 16.9 Å². The molecule has 146 valence electrons. The van der Waals surface area contributed by atoms with Crippen molar-refractivity contribution >= 4 is 17.4 Å². The summed E-state index contributed by atoms with van der Waals surface area (Å²) >= 11 is 0. The normalized spacial score (nSPS) is 16.0. The van der Waals surface area contributed by atoms with Crippen molar-refractivity contribution in [3.8, 4) is 5.75 Å². The molecule has 0 saturated carbocycles. The van der Waals surface area contributed by atoms with Crippen LogP contribution in [0.4, 0.5) is 10.1 Å². The molecule has 3 rings (SSSR count). The Morgan fingerprint density at radius 2 is 1.86 bits per heavy atom. The Bertz CT molecular complexity index is 936. The van der Waals surface area contributed by atoms with Gasteiger partial charge in [0.25, 0.3) is 0 Å². The summed E-state index contributed by atoms with van der Waals surface area (Å²) in [7, 11) is 1.91. The van der Waals surface area contributed by atoms with Crippen LogP contribution < -0.4 is 9.64 Å². The first kappa shape index (κ1) is 19.6. The van der Waals surface area contributed by atoms with Crippen molar-refractivity contribution in [2.24, 2.45) is 0 Å². The lowest BCUT2D eigenvalue weighted by Gasteiger charge is -2.23. The fourth-order valence-electron chi connectivity index (χ4n) is 3.35. The number of esters is 1. The minimum absolute atomic E-state index is 0.220. The van der Waals surface area contributed by atoms with E-state index < -0.39 is 18.4 Å². The Balaban J connectivity index is 1.57. The number of halogens is 1. The molecule has 0 fully saturated rings. The molecule has 1 heterocycles. The van der Waals surface area contributed by atoms with Crippen LogP contribution in [0, 0.1) is 5.82 Å². The molecular formula is C22H22FNO4. The van der Waals surface area contributed by atoms with Gasteiger partial charge in [0, 0.05) is 36.0 Å². The maximum atomic E-state index is 13.1. The van der Waals surface area contributed by atoms with Crippen LogP contribution in [0.3, 0.4) is 0 Å². The second-order valence-electron chi connectivity index (χ2n) is 7.10. The minimum atomic E-state index is -0.696. The maximum absolute atomic E-state index is 13.1. The predicted octanol–water partition coefficient (Wildman–Crippen LogP) is 3.63. The summed E-state index contributed by atoms with van der Waals surface area (Å²) < 4.78 is 23.2. The smallest absolute Gasteiger partial charge is 0.344 e. The van der Waals surface area contributed by atoms with Crippen molar-refractivity contribution in [3.63, 3.8) is 0 Å². The van der Waals surface area contributed by atoms with Gasteiger partial charge in [-0.05, 0) is 23.8 Å². The van der Waals surface area contributed by atoms with E-state index in [1.54, 1.807) is 0 Å². The van der Waals surface area contributed by atoms with Crippen LogP contribution in [0.2, 0.25) is 0 Å². The molecule has 0 unspecified atom stereocenters. The van der Waals surface area contributed by atoms with E-state index in [1.807, 2.05) is 50.1 Å². The van der Waals surface area contributed by atoms with Gasteiger partial charge < -0.3 is 14.4 Å². The van der Waals surface area contributed by atoms with Crippen LogP contribution in [-0.2, 0) is 19.7 Å². The van der Waals surface area contributed by atoms with Crippen LogP contribution >= 0.6 is 0 Å². The predicted molar refractivity (Wildman–Crippen MR) is 104 cm³/mol. The fourth-order valence-corrected chi connectivity index (χ4v) is 3.35. The highest BCUT2D eigenvalue weighted by Crippen LogP contribution is 2.46. The number of anilines is 1. The van der Waals surface area contributed by atoms with Gasteiger partial charge in [-0.3, -0.25) is 4.79 Å². The molecule has 6 heteroatoms. The molecule has 0 radical (unpaired) electrons. The number of allylic oxidation sites excluding steroid dienone is 1. The molecular weight excluding hydrogens is 361 g/mol. The van der Waals surface area contributed by atoms with Crippen molar-refractivity contribution < 1.29 is 23.5 Å². The zero-order valence-electron chi connectivity index (χ0n) is 16.1. The van der Waals surface area contributed by atoms with Gasteiger partial charge in [-0.2, -0.15) is 0 Å². The highest BCUT2D eigenvalue weighted by atomic mass is 19.1. The van der Waals surface area contributed by atoms with Gasteiger partial charge in [0.2, 0.25) is 0 Å². The molecule has 0 saturated heterocycles. The van der Waals surface area contributed by atoms with Crippen molar-refractivity contribution in [3.05, 3.63) is 71.7 Å². The number of fused-ring (bicyclic) bond motifs is 1. The summed E-state index contributed by atoms with van der Waals surface area (Å²) in [4.78, 5) is 26.1. The third-order valence-electron chi connectivity index (χ3n) is 4.77. The molecule has 0 aromatic heterocycles. The molecule has 2 aromatic rings. The summed E-state index contributed by atoms with van der Waals surface area (Å²) in [6, 6.07) is 13.4. The van der Waals surface area contributed by atoms with Crippen LogP contribution in [0.25, 0.3) is 0 Å². The number of carbonyl (C=O) groups is 2. The molecule has 0 bridgehead atoms. The van der Waals surface area contributed by atoms with E-state index in [2.05, 4.69) is 0 Å². The first-order chi connectivity index (χ1) is 13.3. The van der Waals surface area contributed by atoms with Crippen molar-refractivity contribution in [1.82, 2.24) is 0 Å². The largest absolute Gasteiger partial charge is 0.482 e. The zero-order valence-corrected chi connectivity index (χ0v) is 16.1. The highest BCUT2D eigenvalue weighted by Gasteiger charge is 2.38. The Kier molecular flexibility index (Phi) is 5.49. The minimum Gasteiger partial charge on any atom is -0.482 e. The van der Waals surface area contributed by atoms with Gasteiger partial charge in [-0.15, -0.1) is 0 Å². The topological polar surface area (TPSA) is 55.8 Å². The maximum Gasteiger partial charge on any atom is 0.344 e. The highest BCUT2D eigenvalue weighted by molar-refractivity contribution is 5.94. The molecule has 2 aromatic carbocycles. The van der Waals surface area contributed by atoms with Crippen LogP contribution in [0.1, 0.15) is 19.4 Å². The molecule has 0 aliphatic carbocycles. The van der Waals surface area contributed by atoms with Crippen LogP contribution in [0.15, 0.2) is 60.3 Å². The lowest BCUT2D eigenvalue weighted by atomic mass is 9.83.